The summed E-state index contributed by atoms with van der Waals surface area (Å²) in [5.41, 5.74) is -0.356. The molecule has 25 heavy (non-hydrogen) atoms. The molecular weight excluding hydrogens is 360 g/mol. The number of sulfone groups is 1. The molecule has 0 spiro atoms. The molecule has 0 fully saturated rings. The summed E-state index contributed by atoms with van der Waals surface area (Å²) < 4.78 is 26.1. The van der Waals surface area contributed by atoms with Crippen molar-refractivity contribution < 1.29 is 13.2 Å². The normalized spacial score (nSPS) is 12.2. The van der Waals surface area contributed by atoms with Crippen molar-refractivity contribution in [2.24, 2.45) is 0 Å². The zero-order valence-electron chi connectivity index (χ0n) is 14.9. The van der Waals surface area contributed by atoms with E-state index in [4.69, 9.17) is 0 Å². The van der Waals surface area contributed by atoms with Gasteiger partial charge in [-0.15, -0.1) is 5.10 Å². The Morgan fingerprint density at radius 2 is 1.80 bits per heavy atom. The van der Waals surface area contributed by atoms with Crippen LogP contribution in [0.1, 0.15) is 26.6 Å². The summed E-state index contributed by atoms with van der Waals surface area (Å²) in [5, 5.41) is 4.32. The highest BCUT2D eigenvalue weighted by atomic mass is 32.3. The smallest absolute Gasteiger partial charge is 0.329 e. The van der Waals surface area contributed by atoms with Gasteiger partial charge in [-0.2, -0.15) is 4.68 Å². The van der Waals surface area contributed by atoms with Crippen molar-refractivity contribution in [2.75, 3.05) is 19.2 Å². The predicted octanol–water partition coefficient (Wildman–Crippen LogP) is 2.63. The molecule has 1 amide bonds. The van der Waals surface area contributed by atoms with E-state index in [0.29, 0.717) is 5.82 Å². The van der Waals surface area contributed by atoms with Crippen molar-refractivity contribution in [3.63, 3.8) is 0 Å². The fourth-order valence-electron chi connectivity index (χ4n) is 1.85. The molecule has 0 bridgehead atoms. The molecular formula is C16H22N4O3S2. The van der Waals surface area contributed by atoms with E-state index in [1.165, 1.54) is 4.90 Å². The van der Waals surface area contributed by atoms with Crippen LogP contribution in [0.3, 0.4) is 0 Å². The van der Waals surface area contributed by atoms with Gasteiger partial charge in [0.15, 0.2) is 20.8 Å². The zero-order chi connectivity index (χ0) is 18.8. The maximum absolute atomic E-state index is 12.5. The second-order valence-corrected chi connectivity index (χ2v) is 10.0. The van der Waals surface area contributed by atoms with Crippen LogP contribution in [0.4, 0.5) is 4.79 Å². The van der Waals surface area contributed by atoms with Gasteiger partial charge in [0, 0.05) is 19.5 Å². The highest BCUT2D eigenvalue weighted by Gasteiger charge is 2.26. The molecule has 0 saturated carbocycles. The molecule has 2 aromatic rings. The van der Waals surface area contributed by atoms with Gasteiger partial charge in [0.05, 0.1) is 4.90 Å². The standard InChI is InChI=1S/C16H22N4O3S2/c1-16(2,3)13-17-14(20(18-13)15(21)19(4)5)24-11-25(22,23)12-9-7-6-8-10-12/h6-10H,11H2,1-5H3. The van der Waals surface area contributed by atoms with Gasteiger partial charge in [-0.25, -0.2) is 18.2 Å². The molecule has 9 heteroatoms. The molecule has 7 nitrogen and oxygen atoms in total. The fraction of sp³-hybridized carbons (Fsp3) is 0.438. The van der Waals surface area contributed by atoms with Crippen molar-refractivity contribution >= 4 is 27.6 Å². The van der Waals surface area contributed by atoms with Crippen molar-refractivity contribution in [2.45, 2.75) is 36.2 Å². The average molecular weight is 383 g/mol. The van der Waals surface area contributed by atoms with E-state index < -0.39 is 9.84 Å². The number of benzene rings is 1. The van der Waals surface area contributed by atoms with E-state index in [1.54, 1.807) is 44.4 Å². The third-order valence-corrected chi connectivity index (χ3v) is 6.48. The Bertz CT molecular complexity index is 853. The lowest BCUT2D eigenvalue weighted by Crippen LogP contribution is -2.29. The number of rotatable bonds is 4. The first-order valence-electron chi connectivity index (χ1n) is 7.62. The number of amides is 1. The van der Waals surface area contributed by atoms with Gasteiger partial charge in [-0.3, -0.25) is 0 Å². The zero-order valence-corrected chi connectivity index (χ0v) is 16.6. The summed E-state index contributed by atoms with van der Waals surface area (Å²) in [6, 6.07) is 7.83. The number of aromatic nitrogens is 3. The Morgan fingerprint density at radius 1 is 1.20 bits per heavy atom. The molecule has 0 N–H and O–H groups in total. The number of hydrogen-bond acceptors (Lipinski definition) is 6. The molecule has 0 unspecified atom stereocenters. The van der Waals surface area contributed by atoms with Gasteiger partial charge in [0.25, 0.3) is 0 Å². The van der Waals surface area contributed by atoms with E-state index in [1.807, 2.05) is 20.8 Å². The maximum Gasteiger partial charge on any atom is 0.346 e. The summed E-state index contributed by atoms with van der Waals surface area (Å²) in [7, 11) is -0.276. The van der Waals surface area contributed by atoms with E-state index >= 15 is 0 Å². The Labute approximate surface area is 152 Å². The van der Waals surface area contributed by atoms with Crippen molar-refractivity contribution in [3.05, 3.63) is 36.2 Å². The molecule has 0 radical (unpaired) electrons. The van der Waals surface area contributed by atoms with Crippen LogP contribution in [0.25, 0.3) is 0 Å². The summed E-state index contributed by atoms with van der Waals surface area (Å²) >= 11 is 0.985. The van der Waals surface area contributed by atoms with Gasteiger partial charge < -0.3 is 4.90 Å². The van der Waals surface area contributed by atoms with Gasteiger partial charge >= 0.3 is 6.03 Å². The first kappa shape index (κ1) is 19.5. The number of nitrogens with zero attached hydrogens (tertiary/aromatic N) is 4. The van der Waals surface area contributed by atoms with Crippen LogP contribution >= 0.6 is 11.8 Å². The summed E-state index contributed by atoms with van der Waals surface area (Å²) in [6.45, 7) is 5.80. The van der Waals surface area contributed by atoms with Gasteiger partial charge in [-0.05, 0) is 12.1 Å². The Morgan fingerprint density at radius 3 is 2.32 bits per heavy atom. The number of hydrogen-bond donors (Lipinski definition) is 0. The van der Waals surface area contributed by atoms with E-state index in [-0.39, 0.29) is 26.6 Å². The lowest BCUT2D eigenvalue weighted by Gasteiger charge is -2.13. The SMILES string of the molecule is CN(C)C(=O)n1nc(C(C)(C)C)nc1SCS(=O)(=O)c1ccccc1. The predicted molar refractivity (Wildman–Crippen MR) is 97.6 cm³/mol. The number of thioether (sulfide) groups is 1. The van der Waals surface area contributed by atoms with Crippen LogP contribution in [-0.2, 0) is 15.3 Å². The molecule has 136 valence electrons. The highest BCUT2D eigenvalue weighted by Crippen LogP contribution is 2.26. The van der Waals surface area contributed by atoms with Crippen LogP contribution in [0.15, 0.2) is 40.4 Å². The van der Waals surface area contributed by atoms with Crippen molar-refractivity contribution in [1.29, 1.82) is 0 Å². The Balaban J connectivity index is 2.32. The minimum Gasteiger partial charge on any atom is -0.329 e. The monoisotopic (exact) mass is 382 g/mol. The van der Waals surface area contributed by atoms with Gasteiger partial charge in [0.1, 0.15) is 5.08 Å². The number of carbonyl (C=O) groups excluding carboxylic acids is 1. The maximum atomic E-state index is 12.5. The topological polar surface area (TPSA) is 85.2 Å². The molecule has 0 aliphatic heterocycles. The second-order valence-electron chi connectivity index (χ2n) is 6.75. The minimum absolute atomic E-state index is 0.222. The molecule has 1 aromatic carbocycles. The van der Waals surface area contributed by atoms with Crippen LogP contribution in [0, 0.1) is 0 Å². The summed E-state index contributed by atoms with van der Waals surface area (Å²) in [6.07, 6.45) is 0. The molecule has 1 heterocycles. The van der Waals surface area contributed by atoms with Crippen LogP contribution < -0.4 is 0 Å². The van der Waals surface area contributed by atoms with Crippen molar-refractivity contribution in [1.82, 2.24) is 19.7 Å². The van der Waals surface area contributed by atoms with Crippen LogP contribution in [-0.4, -0.2) is 53.3 Å². The molecule has 0 aliphatic carbocycles. The Kier molecular flexibility index (Phi) is 5.58. The van der Waals surface area contributed by atoms with Crippen molar-refractivity contribution in [3.8, 4) is 0 Å². The fourth-order valence-corrected chi connectivity index (χ4v) is 4.40. The number of carbonyl (C=O) groups is 1. The third kappa shape index (κ3) is 4.60. The molecule has 1 aromatic heterocycles. The Hall–Kier alpha value is -1.87. The molecule has 0 saturated heterocycles. The van der Waals surface area contributed by atoms with E-state index in [9.17, 15) is 13.2 Å². The van der Waals surface area contributed by atoms with Gasteiger partial charge in [0.2, 0.25) is 0 Å². The second kappa shape index (κ2) is 7.17. The first-order valence-corrected chi connectivity index (χ1v) is 10.3. The summed E-state index contributed by atoms with van der Waals surface area (Å²) in [4.78, 5) is 18.3. The highest BCUT2D eigenvalue weighted by molar-refractivity contribution is 8.12. The van der Waals surface area contributed by atoms with E-state index in [0.717, 1.165) is 16.4 Å². The molecule has 0 aliphatic rings. The summed E-state index contributed by atoms with van der Waals surface area (Å²) in [5.74, 6) is 0.488. The van der Waals surface area contributed by atoms with E-state index in [2.05, 4.69) is 10.1 Å². The quantitative estimate of drug-likeness (QED) is 0.756. The van der Waals surface area contributed by atoms with Crippen LogP contribution in [0.5, 0.6) is 0 Å². The largest absolute Gasteiger partial charge is 0.346 e. The molecule has 0 atom stereocenters. The minimum atomic E-state index is -3.49. The lowest BCUT2D eigenvalue weighted by molar-refractivity contribution is 0.213. The average Bonchev–Trinajstić information content (AvgIpc) is 2.97. The van der Waals surface area contributed by atoms with Crippen LogP contribution in [0.2, 0.25) is 0 Å². The molecule has 2 rings (SSSR count). The lowest BCUT2D eigenvalue weighted by atomic mass is 9.96. The third-order valence-electron chi connectivity index (χ3n) is 3.26. The van der Waals surface area contributed by atoms with Gasteiger partial charge in [-0.1, -0.05) is 50.7 Å². The first-order chi connectivity index (χ1) is 11.5.